The lowest BCUT2D eigenvalue weighted by molar-refractivity contribution is 0.643. The highest BCUT2D eigenvalue weighted by Crippen LogP contribution is 2.16. The maximum atomic E-state index is 4.77. The number of rotatable bonds is 9. The van der Waals surface area contributed by atoms with Gasteiger partial charge in [-0.25, -0.2) is 4.98 Å². The molecule has 29 heavy (non-hydrogen) atoms. The first-order valence-electron chi connectivity index (χ1n) is 10.3. The van der Waals surface area contributed by atoms with Crippen LogP contribution in [0.1, 0.15) is 35.0 Å². The highest BCUT2D eigenvalue weighted by molar-refractivity contribution is 7.11. The van der Waals surface area contributed by atoms with Gasteiger partial charge in [-0.1, -0.05) is 30.3 Å². The molecule has 0 bridgehead atoms. The largest absolute Gasteiger partial charge is 0.357 e. The van der Waals surface area contributed by atoms with Crippen molar-refractivity contribution in [2.75, 3.05) is 13.1 Å². The molecule has 0 aliphatic heterocycles. The number of benzene rings is 1. The summed E-state index contributed by atoms with van der Waals surface area (Å²) >= 11 is 1.86. The van der Waals surface area contributed by atoms with Gasteiger partial charge >= 0.3 is 0 Å². The molecule has 2 heterocycles. The molecule has 1 aromatic carbocycles. The Hall–Kier alpha value is -2.60. The number of hydrogen-bond donors (Lipinski definition) is 2. The number of imidazole rings is 1. The van der Waals surface area contributed by atoms with E-state index in [9.17, 15) is 0 Å². The summed E-state index contributed by atoms with van der Waals surface area (Å²) in [7, 11) is 0. The Bertz CT molecular complexity index is 897. The van der Waals surface area contributed by atoms with Gasteiger partial charge in [0.15, 0.2) is 5.96 Å². The van der Waals surface area contributed by atoms with Crippen LogP contribution in [0.15, 0.2) is 59.9 Å². The topological polar surface area (TPSA) is 54.2 Å². The predicted molar refractivity (Wildman–Crippen MR) is 123 cm³/mol. The first-order chi connectivity index (χ1) is 14.1. The van der Waals surface area contributed by atoms with E-state index in [2.05, 4.69) is 77.4 Å². The number of guanidine groups is 1. The monoisotopic (exact) mass is 409 g/mol. The van der Waals surface area contributed by atoms with Crippen LogP contribution in [0.5, 0.6) is 0 Å². The standard InChI is InChI=1S/C23H31N5S/c1-4-24-23(27-18(2)16-21-11-10-19(3)29-21)26-13-12-22-25-14-15-28(22)17-20-8-6-5-7-9-20/h5-11,14-15,18H,4,12-13,16-17H2,1-3H3,(H2,24,26,27). The van der Waals surface area contributed by atoms with E-state index in [1.807, 2.05) is 29.8 Å². The van der Waals surface area contributed by atoms with Crippen molar-refractivity contribution >= 4 is 17.3 Å². The lowest BCUT2D eigenvalue weighted by atomic mass is 10.2. The van der Waals surface area contributed by atoms with Gasteiger partial charge < -0.3 is 15.2 Å². The molecule has 0 radical (unpaired) electrons. The molecule has 0 fully saturated rings. The van der Waals surface area contributed by atoms with E-state index in [4.69, 9.17) is 4.99 Å². The summed E-state index contributed by atoms with van der Waals surface area (Å²) in [6.07, 6.45) is 5.73. The van der Waals surface area contributed by atoms with Crippen LogP contribution in [0.4, 0.5) is 0 Å². The molecule has 154 valence electrons. The third kappa shape index (κ3) is 6.75. The second-order valence-corrected chi connectivity index (χ2v) is 8.60. The van der Waals surface area contributed by atoms with E-state index in [0.717, 1.165) is 37.7 Å². The molecule has 3 aromatic rings. The molecule has 1 atom stereocenters. The third-order valence-corrected chi connectivity index (χ3v) is 5.66. The Morgan fingerprint density at radius 3 is 2.76 bits per heavy atom. The molecule has 0 aliphatic carbocycles. The lowest BCUT2D eigenvalue weighted by Gasteiger charge is -2.17. The van der Waals surface area contributed by atoms with Crippen LogP contribution in [0.25, 0.3) is 0 Å². The summed E-state index contributed by atoms with van der Waals surface area (Å²) in [5.74, 6) is 1.94. The van der Waals surface area contributed by atoms with Crippen molar-refractivity contribution in [3.05, 3.63) is 76.0 Å². The highest BCUT2D eigenvalue weighted by atomic mass is 32.1. The summed E-state index contributed by atoms with van der Waals surface area (Å²) in [5, 5.41) is 6.88. The van der Waals surface area contributed by atoms with Gasteiger partial charge in [-0.05, 0) is 38.5 Å². The summed E-state index contributed by atoms with van der Waals surface area (Å²) < 4.78 is 2.20. The number of aryl methyl sites for hydroxylation is 1. The molecule has 0 aliphatic rings. The molecule has 0 amide bonds. The average Bonchev–Trinajstić information content (AvgIpc) is 3.31. The normalized spacial score (nSPS) is 12.7. The summed E-state index contributed by atoms with van der Waals surface area (Å²) in [6, 6.07) is 15.2. The van der Waals surface area contributed by atoms with Gasteiger partial charge in [0.25, 0.3) is 0 Å². The number of aromatic nitrogens is 2. The van der Waals surface area contributed by atoms with Gasteiger partial charge in [-0.15, -0.1) is 11.3 Å². The third-order valence-electron chi connectivity index (χ3n) is 4.63. The average molecular weight is 410 g/mol. The van der Waals surface area contributed by atoms with Crippen molar-refractivity contribution in [3.63, 3.8) is 0 Å². The molecule has 0 spiro atoms. The van der Waals surface area contributed by atoms with Crippen molar-refractivity contribution in [1.82, 2.24) is 20.2 Å². The first-order valence-corrected chi connectivity index (χ1v) is 11.1. The van der Waals surface area contributed by atoms with Crippen molar-refractivity contribution in [2.45, 2.75) is 46.2 Å². The molecule has 6 heteroatoms. The molecule has 1 unspecified atom stereocenters. The van der Waals surface area contributed by atoms with E-state index >= 15 is 0 Å². The SMILES string of the molecule is CCNC(=NCCc1nccn1Cc1ccccc1)NC(C)Cc1ccc(C)s1. The van der Waals surface area contributed by atoms with Crippen LogP contribution in [0, 0.1) is 6.92 Å². The van der Waals surface area contributed by atoms with E-state index in [1.165, 1.54) is 15.3 Å². The maximum absolute atomic E-state index is 4.77. The van der Waals surface area contributed by atoms with Gasteiger partial charge in [0.2, 0.25) is 0 Å². The fourth-order valence-corrected chi connectivity index (χ4v) is 4.28. The van der Waals surface area contributed by atoms with Crippen molar-refractivity contribution in [3.8, 4) is 0 Å². The van der Waals surface area contributed by atoms with Crippen LogP contribution in [-0.4, -0.2) is 34.6 Å². The van der Waals surface area contributed by atoms with Crippen LogP contribution in [0.3, 0.4) is 0 Å². The van der Waals surface area contributed by atoms with E-state index in [0.29, 0.717) is 12.6 Å². The Morgan fingerprint density at radius 2 is 2.03 bits per heavy atom. The smallest absolute Gasteiger partial charge is 0.191 e. The summed E-state index contributed by atoms with van der Waals surface area (Å²) in [6.45, 7) is 8.84. The second-order valence-electron chi connectivity index (χ2n) is 7.23. The molecule has 5 nitrogen and oxygen atoms in total. The molecule has 0 saturated carbocycles. The Balaban J connectivity index is 1.54. The summed E-state index contributed by atoms with van der Waals surface area (Å²) in [5.41, 5.74) is 1.28. The van der Waals surface area contributed by atoms with E-state index in [-0.39, 0.29) is 0 Å². The molecule has 2 N–H and O–H groups in total. The Kier molecular flexibility index (Phi) is 7.87. The molecular formula is C23H31N5S. The van der Waals surface area contributed by atoms with Gasteiger partial charge in [-0.3, -0.25) is 4.99 Å². The van der Waals surface area contributed by atoms with Crippen LogP contribution in [-0.2, 0) is 19.4 Å². The fraction of sp³-hybridized carbons (Fsp3) is 0.391. The van der Waals surface area contributed by atoms with Crippen molar-refractivity contribution in [1.29, 1.82) is 0 Å². The summed E-state index contributed by atoms with van der Waals surface area (Å²) in [4.78, 5) is 12.1. The minimum atomic E-state index is 0.325. The highest BCUT2D eigenvalue weighted by Gasteiger charge is 2.08. The van der Waals surface area contributed by atoms with Crippen molar-refractivity contribution < 1.29 is 0 Å². The van der Waals surface area contributed by atoms with E-state index in [1.54, 1.807) is 0 Å². The van der Waals surface area contributed by atoms with Crippen LogP contribution >= 0.6 is 11.3 Å². The first kappa shape index (κ1) is 21.1. The zero-order chi connectivity index (χ0) is 20.5. The van der Waals surface area contributed by atoms with Gasteiger partial charge in [-0.2, -0.15) is 0 Å². The minimum Gasteiger partial charge on any atom is -0.357 e. The lowest BCUT2D eigenvalue weighted by Crippen LogP contribution is -2.43. The van der Waals surface area contributed by atoms with Crippen LogP contribution < -0.4 is 10.6 Å². The number of hydrogen-bond acceptors (Lipinski definition) is 3. The number of nitrogens with zero attached hydrogens (tertiary/aromatic N) is 3. The number of nitrogens with one attached hydrogen (secondary N) is 2. The molecular weight excluding hydrogens is 378 g/mol. The van der Waals surface area contributed by atoms with Crippen molar-refractivity contribution in [2.24, 2.45) is 4.99 Å². The van der Waals surface area contributed by atoms with Gasteiger partial charge in [0.1, 0.15) is 5.82 Å². The Morgan fingerprint density at radius 1 is 1.21 bits per heavy atom. The minimum absolute atomic E-state index is 0.325. The second kappa shape index (κ2) is 10.8. The van der Waals surface area contributed by atoms with Gasteiger partial charge in [0, 0.05) is 60.7 Å². The predicted octanol–water partition coefficient (Wildman–Crippen LogP) is 4.03. The number of aliphatic imine (C=N–C) groups is 1. The maximum Gasteiger partial charge on any atom is 0.191 e. The van der Waals surface area contributed by atoms with Crippen LogP contribution in [0.2, 0.25) is 0 Å². The molecule has 0 saturated heterocycles. The fourth-order valence-electron chi connectivity index (χ4n) is 3.26. The zero-order valence-corrected chi connectivity index (χ0v) is 18.4. The number of thiophene rings is 1. The Labute approximate surface area is 177 Å². The van der Waals surface area contributed by atoms with Gasteiger partial charge in [0.05, 0.1) is 0 Å². The quantitative estimate of drug-likeness (QED) is 0.414. The van der Waals surface area contributed by atoms with E-state index < -0.39 is 0 Å². The zero-order valence-electron chi connectivity index (χ0n) is 17.6. The molecule has 3 rings (SSSR count). The molecule has 2 aromatic heterocycles.